The minimum absolute atomic E-state index is 0.828. The summed E-state index contributed by atoms with van der Waals surface area (Å²) in [6, 6.07) is 0. The van der Waals surface area contributed by atoms with Gasteiger partial charge >= 0.3 is 0 Å². The highest BCUT2D eigenvalue weighted by Gasteiger charge is 2.18. The largest absolute Gasteiger partial charge is 0.496 e. The van der Waals surface area contributed by atoms with Crippen molar-refractivity contribution in [2.45, 2.75) is 20.8 Å². The van der Waals surface area contributed by atoms with E-state index in [4.69, 9.17) is 14.2 Å². The lowest BCUT2D eigenvalue weighted by Gasteiger charge is -2.19. The third-order valence-corrected chi connectivity index (χ3v) is 2.66. The molecule has 0 aliphatic carbocycles. The minimum Gasteiger partial charge on any atom is -0.496 e. The van der Waals surface area contributed by atoms with Crippen LogP contribution in [0.5, 0.6) is 17.2 Å². The van der Waals surface area contributed by atoms with Crippen molar-refractivity contribution >= 4 is 0 Å². The van der Waals surface area contributed by atoms with Gasteiger partial charge in [0.2, 0.25) is 0 Å². The first-order valence-electron chi connectivity index (χ1n) is 4.84. The van der Waals surface area contributed by atoms with Gasteiger partial charge < -0.3 is 14.2 Å². The molecule has 0 bridgehead atoms. The predicted molar refractivity (Wildman–Crippen MR) is 60.3 cm³/mol. The minimum atomic E-state index is 0.828. The molecular weight excluding hydrogens is 192 g/mol. The van der Waals surface area contributed by atoms with E-state index in [1.54, 1.807) is 21.3 Å². The van der Waals surface area contributed by atoms with E-state index in [1.165, 1.54) is 0 Å². The molecule has 0 amide bonds. The van der Waals surface area contributed by atoms with Crippen LogP contribution in [0.15, 0.2) is 0 Å². The van der Waals surface area contributed by atoms with E-state index < -0.39 is 0 Å². The van der Waals surface area contributed by atoms with Gasteiger partial charge in [0.1, 0.15) is 17.2 Å². The lowest BCUT2D eigenvalue weighted by atomic mass is 10.0. The normalized spacial score (nSPS) is 10.0. The second-order valence-corrected chi connectivity index (χ2v) is 3.47. The van der Waals surface area contributed by atoms with Crippen LogP contribution < -0.4 is 14.2 Å². The molecule has 0 fully saturated rings. The van der Waals surface area contributed by atoms with Crippen LogP contribution in [0.1, 0.15) is 16.7 Å². The Morgan fingerprint density at radius 3 is 0.867 bits per heavy atom. The number of hydrogen-bond acceptors (Lipinski definition) is 3. The third-order valence-electron chi connectivity index (χ3n) is 2.66. The number of methoxy groups -OCH3 is 3. The van der Waals surface area contributed by atoms with E-state index in [2.05, 4.69) is 0 Å². The molecule has 84 valence electrons. The molecule has 0 saturated carbocycles. The van der Waals surface area contributed by atoms with Crippen LogP contribution in [0.2, 0.25) is 0 Å². The van der Waals surface area contributed by atoms with Gasteiger partial charge in [-0.25, -0.2) is 0 Å². The van der Waals surface area contributed by atoms with Gasteiger partial charge in [0.25, 0.3) is 0 Å². The SMILES string of the molecule is COc1c(C)c(OC)c(C)c(OC)c1C. The summed E-state index contributed by atoms with van der Waals surface area (Å²) in [6.07, 6.45) is 0. The van der Waals surface area contributed by atoms with Gasteiger partial charge in [-0.2, -0.15) is 0 Å². The Hall–Kier alpha value is -1.38. The molecule has 1 aromatic carbocycles. The van der Waals surface area contributed by atoms with Crippen LogP contribution in [0, 0.1) is 20.8 Å². The summed E-state index contributed by atoms with van der Waals surface area (Å²) in [5, 5.41) is 0. The van der Waals surface area contributed by atoms with Gasteiger partial charge in [0, 0.05) is 16.7 Å². The molecule has 15 heavy (non-hydrogen) atoms. The van der Waals surface area contributed by atoms with Gasteiger partial charge in [-0.15, -0.1) is 0 Å². The van der Waals surface area contributed by atoms with Crippen molar-refractivity contribution in [1.29, 1.82) is 0 Å². The van der Waals surface area contributed by atoms with E-state index in [0.717, 1.165) is 33.9 Å². The van der Waals surface area contributed by atoms with Crippen molar-refractivity contribution in [3.05, 3.63) is 16.7 Å². The standard InChI is InChI=1S/C12H18O3/c1-7-10(13-4)8(2)12(15-6)9(3)11(7)14-5/h1-6H3. The molecule has 1 aromatic rings. The molecule has 0 N–H and O–H groups in total. The van der Waals surface area contributed by atoms with Crippen LogP contribution in [-0.4, -0.2) is 21.3 Å². The maximum atomic E-state index is 5.36. The fourth-order valence-electron chi connectivity index (χ4n) is 2.07. The smallest absolute Gasteiger partial charge is 0.132 e. The van der Waals surface area contributed by atoms with Gasteiger partial charge in [-0.1, -0.05) is 0 Å². The molecule has 0 aromatic heterocycles. The zero-order chi connectivity index (χ0) is 11.6. The third kappa shape index (κ3) is 1.74. The quantitative estimate of drug-likeness (QED) is 0.767. The molecule has 0 spiro atoms. The van der Waals surface area contributed by atoms with Crippen molar-refractivity contribution in [2.24, 2.45) is 0 Å². The summed E-state index contributed by atoms with van der Waals surface area (Å²) in [5.74, 6) is 2.48. The first-order valence-corrected chi connectivity index (χ1v) is 4.84. The van der Waals surface area contributed by atoms with Gasteiger partial charge in [0.15, 0.2) is 0 Å². The molecule has 3 heteroatoms. The van der Waals surface area contributed by atoms with Crippen LogP contribution >= 0.6 is 0 Å². The fraction of sp³-hybridized carbons (Fsp3) is 0.500. The van der Waals surface area contributed by atoms with Gasteiger partial charge in [0.05, 0.1) is 21.3 Å². The highest BCUT2D eigenvalue weighted by Crippen LogP contribution is 2.41. The van der Waals surface area contributed by atoms with E-state index in [0.29, 0.717) is 0 Å². The molecular formula is C12H18O3. The van der Waals surface area contributed by atoms with Crippen molar-refractivity contribution < 1.29 is 14.2 Å². The zero-order valence-electron chi connectivity index (χ0n) is 10.2. The maximum absolute atomic E-state index is 5.36. The second-order valence-electron chi connectivity index (χ2n) is 3.47. The molecule has 0 unspecified atom stereocenters. The topological polar surface area (TPSA) is 27.7 Å². The first kappa shape index (κ1) is 11.7. The monoisotopic (exact) mass is 210 g/mol. The van der Waals surface area contributed by atoms with E-state index in [1.807, 2.05) is 20.8 Å². The number of hydrogen-bond donors (Lipinski definition) is 0. The van der Waals surface area contributed by atoms with Gasteiger partial charge in [-0.05, 0) is 20.8 Å². The van der Waals surface area contributed by atoms with E-state index >= 15 is 0 Å². The van der Waals surface area contributed by atoms with Crippen LogP contribution in [0.3, 0.4) is 0 Å². The summed E-state index contributed by atoms with van der Waals surface area (Å²) < 4.78 is 16.1. The molecule has 0 atom stereocenters. The average molecular weight is 210 g/mol. The highest BCUT2D eigenvalue weighted by molar-refractivity contribution is 5.61. The number of ether oxygens (including phenoxy) is 3. The molecule has 1 rings (SSSR count). The lowest BCUT2D eigenvalue weighted by Crippen LogP contribution is -2.01. The molecule has 3 nitrogen and oxygen atoms in total. The van der Waals surface area contributed by atoms with E-state index in [9.17, 15) is 0 Å². The van der Waals surface area contributed by atoms with Crippen molar-refractivity contribution in [1.82, 2.24) is 0 Å². The average Bonchev–Trinajstić information content (AvgIpc) is 2.19. The first-order chi connectivity index (χ1) is 7.08. The summed E-state index contributed by atoms with van der Waals surface area (Å²) >= 11 is 0. The molecule has 0 aliphatic heterocycles. The van der Waals surface area contributed by atoms with E-state index in [-0.39, 0.29) is 0 Å². The molecule has 0 radical (unpaired) electrons. The zero-order valence-corrected chi connectivity index (χ0v) is 10.2. The fourth-order valence-corrected chi connectivity index (χ4v) is 2.07. The highest BCUT2D eigenvalue weighted by atomic mass is 16.5. The summed E-state index contributed by atoms with van der Waals surface area (Å²) in [4.78, 5) is 0. The molecule has 0 saturated heterocycles. The van der Waals surface area contributed by atoms with Crippen molar-refractivity contribution in [2.75, 3.05) is 21.3 Å². The Morgan fingerprint density at radius 1 is 0.533 bits per heavy atom. The van der Waals surface area contributed by atoms with Crippen LogP contribution in [0.4, 0.5) is 0 Å². The summed E-state index contributed by atoms with van der Waals surface area (Å²) in [6.45, 7) is 5.95. The second kappa shape index (κ2) is 4.43. The van der Waals surface area contributed by atoms with Crippen LogP contribution in [0.25, 0.3) is 0 Å². The Kier molecular flexibility index (Phi) is 3.45. The predicted octanol–water partition coefficient (Wildman–Crippen LogP) is 2.64. The maximum Gasteiger partial charge on any atom is 0.132 e. The van der Waals surface area contributed by atoms with Gasteiger partial charge in [-0.3, -0.25) is 0 Å². The van der Waals surface area contributed by atoms with Crippen LogP contribution in [-0.2, 0) is 0 Å². The number of benzene rings is 1. The molecule has 0 aliphatic rings. The summed E-state index contributed by atoms with van der Waals surface area (Å²) in [7, 11) is 4.97. The Labute approximate surface area is 91.0 Å². The molecule has 0 heterocycles. The Morgan fingerprint density at radius 2 is 0.733 bits per heavy atom. The van der Waals surface area contributed by atoms with Crippen molar-refractivity contribution in [3.63, 3.8) is 0 Å². The lowest BCUT2D eigenvalue weighted by molar-refractivity contribution is 0.363. The Balaban J connectivity index is 3.57. The summed E-state index contributed by atoms with van der Waals surface area (Å²) in [5.41, 5.74) is 3.03. The Bertz CT molecular complexity index is 291. The number of rotatable bonds is 3. The van der Waals surface area contributed by atoms with Crippen molar-refractivity contribution in [3.8, 4) is 17.2 Å².